The Hall–Kier alpha value is -3.90. The lowest BCUT2D eigenvalue weighted by molar-refractivity contribution is 0.682. The van der Waals surface area contributed by atoms with Gasteiger partial charge in [-0.15, -0.1) is 0 Å². The second-order valence-electron chi connectivity index (χ2n) is 8.59. The maximum atomic E-state index is 4.63. The molecule has 4 aromatic rings. The summed E-state index contributed by atoms with van der Waals surface area (Å²) in [5, 5.41) is 16.3. The molecule has 0 saturated heterocycles. The molecule has 6 heteroatoms. The topological polar surface area (TPSA) is 69.4 Å². The Morgan fingerprint density at radius 1 is 1.20 bits per heavy atom. The van der Waals surface area contributed by atoms with E-state index < -0.39 is 0 Å². The standard InChI is InChI=1S/C29H31N5S/c1-7-10-24(21-11-12-35-17-21)25-15-27(32-19(25)6)28-26-14-22(16-30-29(26)34-33-28)20(8-2)13-23(9-3)31-18(4)5/h7-18,31-32H,1,3H2,2,4-6H3,(H,30,33,34)/b20-8+,23-13+,24-10-. The Morgan fingerprint density at radius 3 is 2.69 bits per heavy atom. The first-order chi connectivity index (χ1) is 16.9. The minimum absolute atomic E-state index is 0.317. The minimum atomic E-state index is 0.317. The van der Waals surface area contributed by atoms with Crippen LogP contribution in [0.1, 0.15) is 43.2 Å². The van der Waals surface area contributed by atoms with Gasteiger partial charge in [-0.2, -0.15) is 16.4 Å². The van der Waals surface area contributed by atoms with Gasteiger partial charge in [0.25, 0.3) is 0 Å². The van der Waals surface area contributed by atoms with Crippen molar-refractivity contribution in [2.45, 2.75) is 33.7 Å². The van der Waals surface area contributed by atoms with Gasteiger partial charge in [0, 0.05) is 40.1 Å². The molecule has 35 heavy (non-hydrogen) atoms. The smallest absolute Gasteiger partial charge is 0.181 e. The summed E-state index contributed by atoms with van der Waals surface area (Å²) in [7, 11) is 0. The van der Waals surface area contributed by atoms with Gasteiger partial charge in [-0.05, 0) is 85.5 Å². The van der Waals surface area contributed by atoms with Gasteiger partial charge in [0.05, 0.1) is 11.4 Å². The fourth-order valence-corrected chi connectivity index (χ4v) is 4.76. The second kappa shape index (κ2) is 10.6. The highest BCUT2D eigenvalue weighted by Crippen LogP contribution is 2.34. The highest BCUT2D eigenvalue weighted by Gasteiger charge is 2.17. The first-order valence-electron chi connectivity index (χ1n) is 11.6. The first kappa shape index (κ1) is 24.2. The van der Waals surface area contributed by atoms with Crippen LogP contribution in [0, 0.1) is 6.92 Å². The van der Waals surface area contributed by atoms with Crippen LogP contribution in [0.25, 0.3) is 33.6 Å². The van der Waals surface area contributed by atoms with Crippen molar-refractivity contribution >= 4 is 33.5 Å². The summed E-state index contributed by atoms with van der Waals surface area (Å²) in [4.78, 5) is 8.17. The van der Waals surface area contributed by atoms with Crippen LogP contribution in [0.15, 0.2) is 84.4 Å². The molecule has 178 valence electrons. The van der Waals surface area contributed by atoms with Crippen molar-refractivity contribution < 1.29 is 0 Å². The average Bonchev–Trinajstić information content (AvgIpc) is 3.59. The molecular formula is C29H31N5S. The zero-order valence-electron chi connectivity index (χ0n) is 20.6. The minimum Gasteiger partial charge on any atom is -0.383 e. The molecule has 4 aromatic heterocycles. The number of aryl methyl sites for hydroxylation is 1. The van der Waals surface area contributed by atoms with Gasteiger partial charge < -0.3 is 10.3 Å². The van der Waals surface area contributed by atoms with Crippen LogP contribution in [0.4, 0.5) is 0 Å². The van der Waals surface area contributed by atoms with Gasteiger partial charge in [0.2, 0.25) is 0 Å². The molecule has 0 atom stereocenters. The van der Waals surface area contributed by atoms with E-state index >= 15 is 0 Å². The second-order valence-corrected chi connectivity index (χ2v) is 9.37. The van der Waals surface area contributed by atoms with E-state index in [0.717, 1.165) is 50.4 Å². The van der Waals surface area contributed by atoms with Gasteiger partial charge >= 0.3 is 0 Å². The van der Waals surface area contributed by atoms with E-state index in [4.69, 9.17) is 0 Å². The normalized spacial score (nSPS) is 13.0. The van der Waals surface area contributed by atoms with Gasteiger partial charge in [0.1, 0.15) is 0 Å². The Balaban J connectivity index is 1.77. The lowest BCUT2D eigenvalue weighted by atomic mass is 9.99. The molecule has 0 amide bonds. The highest BCUT2D eigenvalue weighted by atomic mass is 32.1. The maximum Gasteiger partial charge on any atom is 0.181 e. The van der Waals surface area contributed by atoms with E-state index in [2.05, 4.69) is 107 Å². The number of aromatic amines is 2. The summed E-state index contributed by atoms with van der Waals surface area (Å²) in [6.45, 7) is 16.2. The highest BCUT2D eigenvalue weighted by molar-refractivity contribution is 7.08. The number of H-pyrrole nitrogens is 2. The van der Waals surface area contributed by atoms with Gasteiger partial charge in [-0.3, -0.25) is 5.10 Å². The quantitative estimate of drug-likeness (QED) is 0.218. The zero-order valence-corrected chi connectivity index (χ0v) is 21.5. The molecule has 0 aromatic carbocycles. The van der Waals surface area contributed by atoms with Crippen molar-refractivity contribution in [3.05, 3.63) is 107 Å². The molecule has 0 aliphatic rings. The van der Waals surface area contributed by atoms with Crippen LogP contribution >= 0.6 is 11.3 Å². The molecule has 0 aliphatic carbocycles. The van der Waals surface area contributed by atoms with E-state index in [1.54, 1.807) is 11.3 Å². The van der Waals surface area contributed by atoms with Gasteiger partial charge in [-0.1, -0.05) is 31.4 Å². The fourth-order valence-electron chi connectivity index (χ4n) is 4.11. The summed E-state index contributed by atoms with van der Waals surface area (Å²) in [6.07, 6.45) is 11.8. The molecule has 4 rings (SSSR count). The summed E-state index contributed by atoms with van der Waals surface area (Å²) >= 11 is 1.69. The van der Waals surface area contributed by atoms with Crippen molar-refractivity contribution in [3.8, 4) is 11.4 Å². The van der Waals surface area contributed by atoms with E-state index in [1.165, 1.54) is 5.56 Å². The van der Waals surface area contributed by atoms with Crippen LogP contribution in [0.5, 0.6) is 0 Å². The predicted octanol–water partition coefficient (Wildman–Crippen LogP) is 7.41. The average molecular weight is 482 g/mol. The summed E-state index contributed by atoms with van der Waals surface area (Å²) in [5.74, 6) is 0. The maximum absolute atomic E-state index is 4.63. The largest absolute Gasteiger partial charge is 0.383 e. The van der Waals surface area contributed by atoms with Crippen molar-refractivity contribution in [2.24, 2.45) is 0 Å². The van der Waals surface area contributed by atoms with Crippen LogP contribution in [0.3, 0.4) is 0 Å². The van der Waals surface area contributed by atoms with Crippen molar-refractivity contribution in [1.29, 1.82) is 0 Å². The molecular weight excluding hydrogens is 450 g/mol. The van der Waals surface area contributed by atoms with E-state index in [-0.39, 0.29) is 0 Å². The van der Waals surface area contributed by atoms with Crippen LogP contribution in [0.2, 0.25) is 0 Å². The first-order valence-corrected chi connectivity index (χ1v) is 12.6. The number of fused-ring (bicyclic) bond motifs is 1. The number of rotatable bonds is 9. The van der Waals surface area contributed by atoms with Crippen molar-refractivity contribution in [2.75, 3.05) is 0 Å². The Bertz CT molecular complexity index is 1440. The molecule has 0 radical (unpaired) electrons. The number of hydrogen-bond acceptors (Lipinski definition) is 4. The number of allylic oxidation sites excluding steroid dienone is 6. The van der Waals surface area contributed by atoms with E-state index in [1.807, 2.05) is 25.3 Å². The van der Waals surface area contributed by atoms with Crippen LogP contribution in [-0.2, 0) is 0 Å². The number of thiophene rings is 1. The van der Waals surface area contributed by atoms with Gasteiger partial charge in [0.15, 0.2) is 5.65 Å². The lowest BCUT2D eigenvalue weighted by Crippen LogP contribution is -2.20. The molecule has 0 saturated carbocycles. The van der Waals surface area contributed by atoms with Crippen molar-refractivity contribution in [1.82, 2.24) is 25.5 Å². The Morgan fingerprint density at radius 2 is 2.03 bits per heavy atom. The molecule has 0 aliphatic heterocycles. The number of nitrogens with zero attached hydrogens (tertiary/aromatic N) is 2. The molecule has 5 nitrogen and oxygen atoms in total. The Kier molecular flexibility index (Phi) is 7.32. The third kappa shape index (κ3) is 5.12. The SMILES string of the molecule is C=C/C=C(/c1ccsc1)c1cc(-c2[nH]nc3ncc(C(/C=C(\C=C)NC(C)C)=C/C)cc23)[nH]c1C. The fraction of sp³-hybridized carbons (Fsp3) is 0.172. The molecule has 0 bridgehead atoms. The van der Waals surface area contributed by atoms with Crippen molar-refractivity contribution in [3.63, 3.8) is 0 Å². The zero-order chi connectivity index (χ0) is 24.9. The molecule has 0 spiro atoms. The molecule has 0 fully saturated rings. The van der Waals surface area contributed by atoms with Crippen LogP contribution < -0.4 is 5.32 Å². The molecule has 3 N–H and O–H groups in total. The third-order valence-electron chi connectivity index (χ3n) is 5.73. The van der Waals surface area contributed by atoms with Crippen LogP contribution in [-0.4, -0.2) is 26.2 Å². The summed E-state index contributed by atoms with van der Waals surface area (Å²) in [5.41, 5.74) is 10.1. The number of nitrogens with one attached hydrogen (secondary N) is 3. The summed E-state index contributed by atoms with van der Waals surface area (Å²) in [6, 6.07) is 6.75. The lowest BCUT2D eigenvalue weighted by Gasteiger charge is -2.12. The Labute approximate surface area is 210 Å². The van der Waals surface area contributed by atoms with E-state index in [0.29, 0.717) is 11.7 Å². The third-order valence-corrected chi connectivity index (χ3v) is 6.41. The molecule has 4 heterocycles. The monoisotopic (exact) mass is 481 g/mol. The number of aromatic nitrogens is 4. The molecule has 0 unspecified atom stereocenters. The number of pyridine rings is 1. The predicted molar refractivity (Wildman–Crippen MR) is 150 cm³/mol. The number of hydrogen-bond donors (Lipinski definition) is 3. The summed E-state index contributed by atoms with van der Waals surface area (Å²) < 4.78 is 0. The van der Waals surface area contributed by atoms with E-state index in [9.17, 15) is 0 Å². The van der Waals surface area contributed by atoms with Gasteiger partial charge in [-0.25, -0.2) is 4.98 Å².